The molecule has 2 aromatic rings. The molecule has 1 saturated heterocycles. The van der Waals surface area contributed by atoms with Crippen LogP contribution in [-0.4, -0.2) is 34.1 Å². The van der Waals surface area contributed by atoms with Crippen molar-refractivity contribution < 1.29 is 9.13 Å². The lowest BCUT2D eigenvalue weighted by Crippen LogP contribution is -2.38. The first-order chi connectivity index (χ1) is 11.8. The predicted octanol–water partition coefficient (Wildman–Crippen LogP) is 3.15. The number of likely N-dealkylation sites (tertiary alicyclic amines) is 1. The first-order valence-corrected chi connectivity index (χ1v) is 8.75. The molecule has 5 heteroatoms. The van der Waals surface area contributed by atoms with Crippen LogP contribution >= 0.6 is 0 Å². The summed E-state index contributed by atoms with van der Waals surface area (Å²) in [6.45, 7) is 2.77. The highest BCUT2D eigenvalue weighted by molar-refractivity contribution is 5.27. The molecular weight excluding hydrogens is 305 g/mol. The van der Waals surface area contributed by atoms with E-state index in [1.165, 1.54) is 30.2 Å². The predicted molar refractivity (Wildman–Crippen MR) is 89.4 cm³/mol. The van der Waals surface area contributed by atoms with Crippen LogP contribution in [0.5, 0.6) is 5.88 Å². The number of nitrogens with zero attached hydrogens (tertiary/aromatic N) is 3. The maximum atomic E-state index is 13.6. The average Bonchev–Trinajstić information content (AvgIpc) is 3.06. The Morgan fingerprint density at radius 2 is 2.04 bits per heavy atom. The molecule has 0 aromatic carbocycles. The zero-order valence-electron chi connectivity index (χ0n) is 13.7. The van der Waals surface area contributed by atoms with Crippen LogP contribution < -0.4 is 4.74 Å². The first kappa shape index (κ1) is 15.5. The normalized spacial score (nSPS) is 18.5. The lowest BCUT2D eigenvalue weighted by atomic mass is 10.1. The molecule has 0 unspecified atom stereocenters. The Bertz CT molecular complexity index is 714. The zero-order chi connectivity index (χ0) is 16.4. The highest BCUT2D eigenvalue weighted by Crippen LogP contribution is 2.22. The van der Waals surface area contributed by atoms with Crippen LogP contribution in [-0.2, 0) is 19.4 Å². The Balaban J connectivity index is 1.31. The third-order valence-corrected chi connectivity index (χ3v) is 4.91. The molecule has 1 fully saturated rings. The molecule has 0 saturated carbocycles. The number of aromatic nitrogens is 2. The van der Waals surface area contributed by atoms with E-state index in [9.17, 15) is 4.39 Å². The molecule has 126 valence electrons. The molecule has 2 aromatic heterocycles. The molecule has 0 N–H and O–H groups in total. The smallest absolute Gasteiger partial charge is 0.250 e. The van der Waals surface area contributed by atoms with Gasteiger partial charge in [-0.1, -0.05) is 6.07 Å². The molecule has 0 spiro atoms. The maximum absolute atomic E-state index is 13.6. The fraction of sp³-hybridized carbons (Fsp3) is 0.474. The standard InChI is InChI=1S/C19H22FN3O/c20-17-4-2-10-21-19(17)24-16-8-11-23(12-9-16)13-15-7-6-14-3-1-5-18(14)22-15/h2,4,6-7,10,16H,1,3,5,8-9,11-13H2. The van der Waals surface area contributed by atoms with Crippen LogP contribution in [0.4, 0.5) is 4.39 Å². The van der Waals surface area contributed by atoms with Crippen molar-refractivity contribution in [2.24, 2.45) is 0 Å². The van der Waals surface area contributed by atoms with Gasteiger partial charge in [-0.25, -0.2) is 9.37 Å². The summed E-state index contributed by atoms with van der Waals surface area (Å²) < 4.78 is 19.3. The van der Waals surface area contributed by atoms with Crippen LogP contribution in [0.3, 0.4) is 0 Å². The Kier molecular flexibility index (Phi) is 4.43. The van der Waals surface area contributed by atoms with Crippen molar-refractivity contribution in [2.45, 2.75) is 44.8 Å². The van der Waals surface area contributed by atoms with Crippen molar-refractivity contribution in [1.82, 2.24) is 14.9 Å². The largest absolute Gasteiger partial charge is 0.472 e. The van der Waals surface area contributed by atoms with Crippen LogP contribution in [0, 0.1) is 5.82 Å². The average molecular weight is 327 g/mol. The van der Waals surface area contributed by atoms with Gasteiger partial charge in [-0.05, 0) is 55.9 Å². The van der Waals surface area contributed by atoms with Gasteiger partial charge in [0, 0.05) is 31.5 Å². The van der Waals surface area contributed by atoms with Crippen LogP contribution in [0.15, 0.2) is 30.5 Å². The lowest BCUT2D eigenvalue weighted by Gasteiger charge is -2.31. The first-order valence-electron chi connectivity index (χ1n) is 8.75. The summed E-state index contributed by atoms with van der Waals surface area (Å²) in [5.74, 6) is -0.265. The number of ether oxygens (including phenoxy) is 1. The summed E-state index contributed by atoms with van der Waals surface area (Å²) in [6, 6.07) is 7.37. The van der Waals surface area contributed by atoms with Gasteiger partial charge in [0.05, 0.1) is 5.69 Å². The molecule has 3 heterocycles. The summed E-state index contributed by atoms with van der Waals surface area (Å²) in [4.78, 5) is 11.2. The number of aryl methyl sites for hydroxylation is 2. The third-order valence-electron chi connectivity index (χ3n) is 4.91. The van der Waals surface area contributed by atoms with E-state index < -0.39 is 0 Å². The number of hydrogen-bond acceptors (Lipinski definition) is 4. The van der Waals surface area contributed by atoms with Gasteiger partial charge in [-0.3, -0.25) is 9.88 Å². The minimum atomic E-state index is -0.387. The van der Waals surface area contributed by atoms with Crippen LogP contribution in [0.2, 0.25) is 0 Å². The molecular formula is C19H22FN3O. The highest BCUT2D eigenvalue weighted by atomic mass is 19.1. The van der Waals surface area contributed by atoms with Crippen LogP contribution in [0.25, 0.3) is 0 Å². The van der Waals surface area contributed by atoms with E-state index in [4.69, 9.17) is 9.72 Å². The van der Waals surface area contributed by atoms with Crippen molar-refractivity contribution in [3.05, 3.63) is 53.2 Å². The number of rotatable bonds is 4. The van der Waals surface area contributed by atoms with E-state index in [2.05, 4.69) is 22.0 Å². The van der Waals surface area contributed by atoms with Gasteiger partial charge in [0.1, 0.15) is 6.10 Å². The second kappa shape index (κ2) is 6.85. The fourth-order valence-electron chi connectivity index (χ4n) is 3.58. The Hall–Kier alpha value is -2.01. The SMILES string of the molecule is Fc1cccnc1OC1CCN(Cc2ccc3c(n2)CCC3)CC1. The topological polar surface area (TPSA) is 38.2 Å². The molecule has 0 atom stereocenters. The van der Waals surface area contributed by atoms with E-state index in [1.54, 1.807) is 12.3 Å². The van der Waals surface area contributed by atoms with E-state index in [1.807, 2.05) is 0 Å². The molecule has 0 amide bonds. The molecule has 4 rings (SSSR count). The minimum Gasteiger partial charge on any atom is -0.472 e. The van der Waals surface area contributed by atoms with E-state index >= 15 is 0 Å². The van der Waals surface area contributed by atoms with Gasteiger partial charge in [-0.2, -0.15) is 0 Å². The zero-order valence-corrected chi connectivity index (χ0v) is 13.7. The summed E-state index contributed by atoms with van der Waals surface area (Å²) in [5, 5.41) is 0. The number of hydrogen-bond donors (Lipinski definition) is 0. The number of piperidine rings is 1. The number of pyridine rings is 2. The van der Waals surface area contributed by atoms with E-state index in [0.29, 0.717) is 0 Å². The summed E-state index contributed by atoms with van der Waals surface area (Å²) in [5.41, 5.74) is 3.87. The maximum Gasteiger partial charge on any atom is 0.250 e. The van der Waals surface area contributed by atoms with Crippen molar-refractivity contribution in [3.8, 4) is 5.88 Å². The van der Waals surface area contributed by atoms with Gasteiger partial charge in [-0.15, -0.1) is 0 Å². The number of halogens is 1. The number of fused-ring (bicyclic) bond motifs is 1. The second-order valence-electron chi connectivity index (χ2n) is 6.65. The quantitative estimate of drug-likeness (QED) is 0.865. The second-order valence-corrected chi connectivity index (χ2v) is 6.65. The van der Waals surface area contributed by atoms with Gasteiger partial charge in [0.15, 0.2) is 5.82 Å². The Morgan fingerprint density at radius 1 is 1.17 bits per heavy atom. The summed E-state index contributed by atoms with van der Waals surface area (Å²) in [6.07, 6.45) is 6.91. The summed E-state index contributed by atoms with van der Waals surface area (Å²) in [7, 11) is 0. The molecule has 24 heavy (non-hydrogen) atoms. The van der Waals surface area contributed by atoms with Crippen molar-refractivity contribution in [1.29, 1.82) is 0 Å². The Morgan fingerprint density at radius 3 is 2.88 bits per heavy atom. The molecule has 2 aliphatic rings. The molecule has 4 nitrogen and oxygen atoms in total. The molecule has 0 radical (unpaired) electrons. The molecule has 1 aliphatic carbocycles. The lowest BCUT2D eigenvalue weighted by molar-refractivity contribution is 0.0890. The minimum absolute atomic E-state index is 0.0404. The van der Waals surface area contributed by atoms with E-state index in [-0.39, 0.29) is 17.8 Å². The Labute approximate surface area is 141 Å². The van der Waals surface area contributed by atoms with Crippen molar-refractivity contribution in [2.75, 3.05) is 13.1 Å². The van der Waals surface area contributed by atoms with Gasteiger partial charge in [0.25, 0.3) is 5.88 Å². The van der Waals surface area contributed by atoms with Gasteiger partial charge in [0.2, 0.25) is 0 Å². The van der Waals surface area contributed by atoms with Crippen LogP contribution in [0.1, 0.15) is 36.2 Å². The molecule has 1 aliphatic heterocycles. The van der Waals surface area contributed by atoms with Gasteiger partial charge < -0.3 is 4.74 Å². The van der Waals surface area contributed by atoms with Crippen molar-refractivity contribution >= 4 is 0 Å². The van der Waals surface area contributed by atoms with Gasteiger partial charge >= 0.3 is 0 Å². The fourth-order valence-corrected chi connectivity index (χ4v) is 3.58. The summed E-state index contributed by atoms with van der Waals surface area (Å²) >= 11 is 0. The van der Waals surface area contributed by atoms with Crippen molar-refractivity contribution in [3.63, 3.8) is 0 Å². The van der Waals surface area contributed by atoms with E-state index in [0.717, 1.165) is 44.6 Å². The third kappa shape index (κ3) is 3.41. The monoisotopic (exact) mass is 327 g/mol. The molecule has 0 bridgehead atoms. The highest BCUT2D eigenvalue weighted by Gasteiger charge is 2.22.